The van der Waals surface area contributed by atoms with Crippen LogP contribution < -0.4 is 10.6 Å². The Kier molecular flexibility index (Phi) is 6.15. The van der Waals surface area contributed by atoms with Crippen LogP contribution in [0.15, 0.2) is 0 Å². The van der Waals surface area contributed by atoms with Gasteiger partial charge >= 0.3 is 0 Å². The molecular formula is C11H25N3. The fourth-order valence-electron chi connectivity index (χ4n) is 1.82. The highest BCUT2D eigenvalue weighted by Crippen LogP contribution is 2.09. The molecule has 1 rings (SSSR count). The molecule has 1 heterocycles. The van der Waals surface area contributed by atoms with Crippen molar-refractivity contribution in [2.45, 2.75) is 19.8 Å². The molecule has 84 valence electrons. The SMILES string of the molecule is CCN(C)CCNCC1CCNCC1. The topological polar surface area (TPSA) is 27.3 Å². The van der Waals surface area contributed by atoms with E-state index in [9.17, 15) is 0 Å². The summed E-state index contributed by atoms with van der Waals surface area (Å²) in [6, 6.07) is 0. The van der Waals surface area contributed by atoms with Crippen molar-refractivity contribution in [3.63, 3.8) is 0 Å². The van der Waals surface area contributed by atoms with Gasteiger partial charge in [-0.25, -0.2) is 0 Å². The Balaban J connectivity index is 1.92. The first kappa shape index (κ1) is 12.0. The molecule has 0 aromatic rings. The van der Waals surface area contributed by atoms with Crippen LogP contribution in [0.4, 0.5) is 0 Å². The molecule has 0 amide bonds. The summed E-state index contributed by atoms with van der Waals surface area (Å²) in [5.41, 5.74) is 0. The summed E-state index contributed by atoms with van der Waals surface area (Å²) in [5, 5.41) is 6.95. The van der Waals surface area contributed by atoms with Gasteiger partial charge in [0.25, 0.3) is 0 Å². The zero-order valence-electron chi connectivity index (χ0n) is 9.68. The average Bonchev–Trinajstić information content (AvgIpc) is 2.25. The standard InChI is InChI=1S/C11H25N3/c1-3-14(2)9-8-13-10-11-4-6-12-7-5-11/h11-13H,3-10H2,1-2H3. The molecule has 0 bridgehead atoms. The van der Waals surface area contributed by atoms with E-state index in [0.717, 1.165) is 19.0 Å². The first-order valence-electron chi connectivity index (χ1n) is 5.93. The number of rotatable bonds is 6. The van der Waals surface area contributed by atoms with Gasteiger partial charge in [0.1, 0.15) is 0 Å². The fourth-order valence-corrected chi connectivity index (χ4v) is 1.82. The normalized spacial score (nSPS) is 19.1. The van der Waals surface area contributed by atoms with Gasteiger partial charge in [0.2, 0.25) is 0 Å². The zero-order chi connectivity index (χ0) is 10.2. The number of hydrogen-bond donors (Lipinski definition) is 2. The van der Waals surface area contributed by atoms with Crippen LogP contribution in [0.2, 0.25) is 0 Å². The minimum absolute atomic E-state index is 0.906. The summed E-state index contributed by atoms with van der Waals surface area (Å²) in [6.45, 7) is 9.28. The molecular weight excluding hydrogens is 174 g/mol. The van der Waals surface area contributed by atoms with Crippen molar-refractivity contribution in [1.29, 1.82) is 0 Å². The number of hydrogen-bond acceptors (Lipinski definition) is 3. The highest BCUT2D eigenvalue weighted by Gasteiger charge is 2.11. The molecule has 3 heteroatoms. The van der Waals surface area contributed by atoms with Crippen LogP contribution in [-0.2, 0) is 0 Å². The van der Waals surface area contributed by atoms with Crippen LogP contribution in [0.3, 0.4) is 0 Å². The predicted octanol–water partition coefficient (Wildman–Crippen LogP) is 0.527. The number of nitrogens with zero attached hydrogens (tertiary/aromatic N) is 1. The second-order valence-corrected chi connectivity index (χ2v) is 4.29. The van der Waals surface area contributed by atoms with Crippen molar-refractivity contribution >= 4 is 0 Å². The monoisotopic (exact) mass is 199 g/mol. The molecule has 0 aliphatic carbocycles. The van der Waals surface area contributed by atoms with E-state index in [1.165, 1.54) is 39.0 Å². The Morgan fingerprint density at radius 3 is 2.71 bits per heavy atom. The van der Waals surface area contributed by atoms with Crippen LogP contribution in [-0.4, -0.2) is 51.2 Å². The van der Waals surface area contributed by atoms with Gasteiger partial charge in [-0.1, -0.05) is 6.92 Å². The molecule has 1 aliphatic rings. The molecule has 1 aliphatic heterocycles. The number of likely N-dealkylation sites (N-methyl/N-ethyl adjacent to an activating group) is 1. The van der Waals surface area contributed by atoms with E-state index >= 15 is 0 Å². The van der Waals surface area contributed by atoms with Crippen LogP contribution in [0.1, 0.15) is 19.8 Å². The van der Waals surface area contributed by atoms with E-state index < -0.39 is 0 Å². The Bertz CT molecular complexity index is 132. The summed E-state index contributed by atoms with van der Waals surface area (Å²) in [5.74, 6) is 0.906. The molecule has 2 N–H and O–H groups in total. The molecule has 1 fully saturated rings. The van der Waals surface area contributed by atoms with Crippen molar-refractivity contribution in [3.05, 3.63) is 0 Å². The summed E-state index contributed by atoms with van der Waals surface area (Å²) >= 11 is 0. The van der Waals surface area contributed by atoms with Crippen LogP contribution in [0, 0.1) is 5.92 Å². The third-order valence-corrected chi connectivity index (χ3v) is 3.10. The lowest BCUT2D eigenvalue weighted by atomic mass is 9.98. The summed E-state index contributed by atoms with van der Waals surface area (Å²) < 4.78 is 0. The zero-order valence-corrected chi connectivity index (χ0v) is 9.68. The lowest BCUT2D eigenvalue weighted by Crippen LogP contribution is -2.36. The number of nitrogens with one attached hydrogen (secondary N) is 2. The quantitative estimate of drug-likeness (QED) is 0.611. The molecule has 0 aromatic carbocycles. The summed E-state index contributed by atoms with van der Waals surface area (Å²) in [6.07, 6.45) is 2.69. The van der Waals surface area contributed by atoms with Gasteiger partial charge in [-0.15, -0.1) is 0 Å². The maximum atomic E-state index is 3.55. The molecule has 0 atom stereocenters. The van der Waals surface area contributed by atoms with Gasteiger partial charge in [0.05, 0.1) is 0 Å². The molecule has 0 spiro atoms. The van der Waals surface area contributed by atoms with Gasteiger partial charge in [0, 0.05) is 13.1 Å². The van der Waals surface area contributed by atoms with Gasteiger partial charge in [0.15, 0.2) is 0 Å². The molecule has 3 nitrogen and oxygen atoms in total. The first-order valence-corrected chi connectivity index (χ1v) is 5.93. The average molecular weight is 199 g/mol. The minimum atomic E-state index is 0.906. The third kappa shape index (κ3) is 4.94. The van der Waals surface area contributed by atoms with E-state index in [1.54, 1.807) is 0 Å². The van der Waals surface area contributed by atoms with E-state index in [2.05, 4.69) is 29.5 Å². The van der Waals surface area contributed by atoms with Crippen LogP contribution in [0.25, 0.3) is 0 Å². The first-order chi connectivity index (χ1) is 6.83. The van der Waals surface area contributed by atoms with Gasteiger partial charge in [-0.05, 0) is 52.0 Å². The van der Waals surface area contributed by atoms with E-state index in [1.807, 2.05) is 0 Å². The largest absolute Gasteiger partial charge is 0.317 e. The highest BCUT2D eigenvalue weighted by molar-refractivity contribution is 4.70. The van der Waals surface area contributed by atoms with E-state index in [-0.39, 0.29) is 0 Å². The third-order valence-electron chi connectivity index (χ3n) is 3.10. The Labute approximate surface area is 88.2 Å². The van der Waals surface area contributed by atoms with Gasteiger partial charge in [-0.3, -0.25) is 0 Å². The highest BCUT2D eigenvalue weighted by atomic mass is 15.1. The Hall–Kier alpha value is -0.120. The lowest BCUT2D eigenvalue weighted by Gasteiger charge is -2.23. The van der Waals surface area contributed by atoms with Crippen LogP contribution in [0.5, 0.6) is 0 Å². The minimum Gasteiger partial charge on any atom is -0.317 e. The lowest BCUT2D eigenvalue weighted by molar-refractivity contribution is 0.323. The van der Waals surface area contributed by atoms with Crippen molar-refractivity contribution in [1.82, 2.24) is 15.5 Å². The Morgan fingerprint density at radius 2 is 2.07 bits per heavy atom. The Morgan fingerprint density at radius 1 is 1.36 bits per heavy atom. The molecule has 1 saturated heterocycles. The molecule has 0 saturated carbocycles. The van der Waals surface area contributed by atoms with Crippen LogP contribution >= 0.6 is 0 Å². The van der Waals surface area contributed by atoms with E-state index in [4.69, 9.17) is 0 Å². The van der Waals surface area contributed by atoms with Gasteiger partial charge in [-0.2, -0.15) is 0 Å². The smallest absolute Gasteiger partial charge is 0.0104 e. The fraction of sp³-hybridized carbons (Fsp3) is 1.00. The molecule has 0 radical (unpaired) electrons. The molecule has 0 unspecified atom stereocenters. The molecule has 0 aromatic heterocycles. The predicted molar refractivity (Wildman–Crippen MR) is 61.6 cm³/mol. The summed E-state index contributed by atoms with van der Waals surface area (Å²) in [7, 11) is 2.17. The molecule has 14 heavy (non-hydrogen) atoms. The maximum Gasteiger partial charge on any atom is 0.0104 e. The van der Waals surface area contributed by atoms with Crippen molar-refractivity contribution < 1.29 is 0 Å². The van der Waals surface area contributed by atoms with Crippen molar-refractivity contribution in [2.24, 2.45) is 5.92 Å². The van der Waals surface area contributed by atoms with Crippen molar-refractivity contribution in [2.75, 3.05) is 46.3 Å². The van der Waals surface area contributed by atoms with E-state index in [0.29, 0.717) is 0 Å². The maximum absolute atomic E-state index is 3.55. The van der Waals surface area contributed by atoms with Gasteiger partial charge < -0.3 is 15.5 Å². The number of piperidine rings is 1. The van der Waals surface area contributed by atoms with Crippen molar-refractivity contribution in [3.8, 4) is 0 Å². The second kappa shape index (κ2) is 7.21. The second-order valence-electron chi connectivity index (χ2n) is 4.29. The summed E-state index contributed by atoms with van der Waals surface area (Å²) in [4.78, 5) is 2.34.